The Bertz CT molecular complexity index is 1230. The van der Waals surface area contributed by atoms with Gasteiger partial charge in [0.25, 0.3) is 15.9 Å². The number of rotatable bonds is 6. The SMILES string of the molecule is O=C(NC1CS(=O)(=O)CC1N1CCCC1)c1cccc(S(=O)(=O)Nc2ccccc2Cl)c1. The van der Waals surface area contributed by atoms with E-state index in [-0.39, 0.29) is 38.7 Å². The predicted octanol–water partition coefficient (Wildman–Crippen LogP) is 2.13. The van der Waals surface area contributed by atoms with Crippen molar-refractivity contribution in [1.29, 1.82) is 0 Å². The smallest absolute Gasteiger partial charge is 0.261 e. The van der Waals surface area contributed by atoms with Crippen molar-refractivity contribution in [3.8, 4) is 0 Å². The van der Waals surface area contributed by atoms with Gasteiger partial charge in [0.1, 0.15) is 0 Å². The first-order valence-corrected chi connectivity index (χ1v) is 14.0. The van der Waals surface area contributed by atoms with E-state index in [1.54, 1.807) is 18.2 Å². The Morgan fingerprint density at radius 3 is 2.47 bits per heavy atom. The van der Waals surface area contributed by atoms with E-state index < -0.39 is 31.8 Å². The molecule has 172 valence electrons. The van der Waals surface area contributed by atoms with Crippen LogP contribution in [0.3, 0.4) is 0 Å². The van der Waals surface area contributed by atoms with Gasteiger partial charge in [0.15, 0.2) is 9.84 Å². The topological polar surface area (TPSA) is 113 Å². The summed E-state index contributed by atoms with van der Waals surface area (Å²) < 4.78 is 52.5. The molecule has 0 radical (unpaired) electrons. The summed E-state index contributed by atoms with van der Waals surface area (Å²) in [6, 6.07) is 11.3. The number of carbonyl (C=O) groups is 1. The standard InChI is InChI=1S/C21H24ClN3O5S2/c22-17-8-1-2-9-18(17)24-32(29,30)16-7-5-6-15(12-16)21(26)23-19-13-31(27,28)14-20(19)25-10-3-4-11-25/h1-2,5-9,12,19-20,24H,3-4,10-11,13-14H2,(H,23,26). The number of hydrogen-bond donors (Lipinski definition) is 2. The number of para-hydroxylation sites is 1. The van der Waals surface area contributed by atoms with E-state index in [2.05, 4.69) is 14.9 Å². The molecule has 0 aliphatic carbocycles. The first-order valence-electron chi connectivity index (χ1n) is 10.3. The lowest BCUT2D eigenvalue weighted by Gasteiger charge is -2.28. The molecule has 2 fully saturated rings. The molecule has 8 nitrogen and oxygen atoms in total. The molecule has 0 spiro atoms. The highest BCUT2D eigenvalue weighted by atomic mass is 35.5. The van der Waals surface area contributed by atoms with E-state index in [4.69, 9.17) is 11.6 Å². The number of halogens is 1. The average molecular weight is 498 g/mol. The van der Waals surface area contributed by atoms with Crippen LogP contribution in [0.4, 0.5) is 5.69 Å². The van der Waals surface area contributed by atoms with E-state index in [1.807, 2.05) is 0 Å². The van der Waals surface area contributed by atoms with Crippen LogP contribution >= 0.6 is 11.6 Å². The van der Waals surface area contributed by atoms with Crippen molar-refractivity contribution in [2.24, 2.45) is 0 Å². The van der Waals surface area contributed by atoms with Gasteiger partial charge in [-0.05, 0) is 56.3 Å². The Labute approximate surface area is 192 Å². The minimum atomic E-state index is -3.98. The number of hydrogen-bond acceptors (Lipinski definition) is 6. The van der Waals surface area contributed by atoms with Gasteiger partial charge >= 0.3 is 0 Å². The Hall–Kier alpha value is -2.14. The van der Waals surface area contributed by atoms with E-state index in [0.29, 0.717) is 0 Å². The third-order valence-electron chi connectivity index (χ3n) is 5.77. The van der Waals surface area contributed by atoms with Crippen molar-refractivity contribution in [3.05, 3.63) is 59.1 Å². The maximum Gasteiger partial charge on any atom is 0.261 e. The molecule has 2 aromatic carbocycles. The van der Waals surface area contributed by atoms with Crippen LogP contribution < -0.4 is 10.0 Å². The molecule has 2 saturated heterocycles. The number of sulfone groups is 1. The van der Waals surface area contributed by atoms with Crippen molar-refractivity contribution in [2.75, 3.05) is 29.3 Å². The number of likely N-dealkylation sites (tertiary alicyclic amines) is 1. The fraction of sp³-hybridized carbons (Fsp3) is 0.381. The zero-order valence-corrected chi connectivity index (χ0v) is 19.6. The minimum absolute atomic E-state index is 0.0219. The highest BCUT2D eigenvalue weighted by molar-refractivity contribution is 7.92. The molecular weight excluding hydrogens is 474 g/mol. The van der Waals surface area contributed by atoms with Crippen LogP contribution in [-0.2, 0) is 19.9 Å². The molecule has 2 aromatic rings. The van der Waals surface area contributed by atoms with E-state index in [9.17, 15) is 21.6 Å². The number of benzene rings is 2. The van der Waals surface area contributed by atoms with Crippen LogP contribution in [0.1, 0.15) is 23.2 Å². The first-order chi connectivity index (χ1) is 15.1. The van der Waals surface area contributed by atoms with E-state index in [1.165, 1.54) is 30.3 Å². The lowest BCUT2D eigenvalue weighted by Crippen LogP contribution is -2.50. The van der Waals surface area contributed by atoms with Gasteiger partial charge in [0.2, 0.25) is 0 Å². The molecule has 2 aliphatic rings. The minimum Gasteiger partial charge on any atom is -0.347 e. The Morgan fingerprint density at radius 1 is 1.03 bits per heavy atom. The van der Waals surface area contributed by atoms with Gasteiger partial charge in [-0.3, -0.25) is 14.4 Å². The van der Waals surface area contributed by atoms with Crippen molar-refractivity contribution >= 4 is 43.1 Å². The normalized spacial score (nSPS) is 23.2. The molecule has 32 heavy (non-hydrogen) atoms. The van der Waals surface area contributed by atoms with Gasteiger partial charge in [-0.25, -0.2) is 16.8 Å². The summed E-state index contributed by atoms with van der Waals surface area (Å²) in [6.07, 6.45) is 2.02. The monoisotopic (exact) mass is 497 g/mol. The van der Waals surface area contributed by atoms with Gasteiger partial charge in [-0.15, -0.1) is 0 Å². The van der Waals surface area contributed by atoms with Crippen LogP contribution in [0.15, 0.2) is 53.4 Å². The molecule has 2 N–H and O–H groups in total. The summed E-state index contributed by atoms with van der Waals surface area (Å²) in [4.78, 5) is 14.9. The third-order valence-corrected chi connectivity index (χ3v) is 9.18. The molecular formula is C21H24ClN3O5S2. The number of nitrogens with one attached hydrogen (secondary N) is 2. The lowest BCUT2D eigenvalue weighted by atomic mass is 10.1. The summed E-state index contributed by atoms with van der Waals surface area (Å²) >= 11 is 6.04. The van der Waals surface area contributed by atoms with Gasteiger partial charge < -0.3 is 5.32 Å². The molecule has 4 rings (SSSR count). The fourth-order valence-electron chi connectivity index (χ4n) is 4.20. The quantitative estimate of drug-likeness (QED) is 0.632. The van der Waals surface area contributed by atoms with Crippen LogP contribution in [-0.4, -0.2) is 64.3 Å². The maximum atomic E-state index is 12.9. The molecule has 2 atom stereocenters. The maximum absolute atomic E-state index is 12.9. The molecule has 2 unspecified atom stereocenters. The predicted molar refractivity (Wildman–Crippen MR) is 123 cm³/mol. The summed E-state index contributed by atoms with van der Waals surface area (Å²) in [7, 11) is -7.23. The largest absolute Gasteiger partial charge is 0.347 e. The molecule has 0 saturated carbocycles. The Balaban J connectivity index is 1.52. The number of sulfonamides is 1. The second kappa shape index (κ2) is 9.01. The number of carbonyl (C=O) groups excluding carboxylic acids is 1. The Kier molecular flexibility index (Phi) is 6.49. The van der Waals surface area contributed by atoms with Crippen LogP contribution in [0, 0.1) is 0 Å². The summed E-state index contributed by atoms with van der Waals surface area (Å²) in [5, 5.41) is 3.07. The summed E-state index contributed by atoms with van der Waals surface area (Å²) in [6.45, 7) is 1.63. The van der Waals surface area contributed by atoms with Crippen molar-refractivity contribution in [1.82, 2.24) is 10.2 Å². The van der Waals surface area contributed by atoms with Gasteiger partial charge in [-0.1, -0.05) is 29.8 Å². The molecule has 1 amide bonds. The molecule has 0 aromatic heterocycles. The van der Waals surface area contributed by atoms with Crippen molar-refractivity contribution in [2.45, 2.75) is 29.8 Å². The zero-order valence-electron chi connectivity index (χ0n) is 17.2. The molecule has 2 aliphatic heterocycles. The lowest BCUT2D eigenvalue weighted by molar-refractivity contribution is 0.0918. The van der Waals surface area contributed by atoms with Crippen LogP contribution in [0.25, 0.3) is 0 Å². The highest BCUT2D eigenvalue weighted by Crippen LogP contribution is 2.25. The number of amides is 1. The highest BCUT2D eigenvalue weighted by Gasteiger charge is 2.42. The van der Waals surface area contributed by atoms with Crippen LogP contribution in [0.5, 0.6) is 0 Å². The Morgan fingerprint density at radius 2 is 1.75 bits per heavy atom. The molecule has 0 bridgehead atoms. The summed E-state index contributed by atoms with van der Waals surface area (Å²) in [5.41, 5.74) is 0.366. The average Bonchev–Trinajstić information content (AvgIpc) is 3.37. The van der Waals surface area contributed by atoms with Crippen molar-refractivity contribution < 1.29 is 21.6 Å². The van der Waals surface area contributed by atoms with Crippen molar-refractivity contribution in [3.63, 3.8) is 0 Å². The van der Waals surface area contributed by atoms with Crippen LogP contribution in [0.2, 0.25) is 5.02 Å². The third kappa shape index (κ3) is 5.09. The number of anilines is 1. The van der Waals surface area contributed by atoms with Gasteiger partial charge in [0.05, 0.1) is 33.2 Å². The first kappa shape index (κ1) is 23.0. The van der Waals surface area contributed by atoms with E-state index >= 15 is 0 Å². The fourth-order valence-corrected chi connectivity index (χ4v) is 7.52. The summed E-state index contributed by atoms with van der Waals surface area (Å²) in [5.74, 6) is -0.605. The molecule has 2 heterocycles. The van der Waals surface area contributed by atoms with Gasteiger partial charge in [0, 0.05) is 11.6 Å². The second-order valence-electron chi connectivity index (χ2n) is 8.08. The zero-order chi connectivity index (χ0) is 22.9. The second-order valence-corrected chi connectivity index (χ2v) is 12.3. The van der Waals surface area contributed by atoms with Gasteiger partial charge in [-0.2, -0.15) is 0 Å². The molecule has 11 heteroatoms. The number of nitrogens with zero attached hydrogens (tertiary/aromatic N) is 1. The van der Waals surface area contributed by atoms with E-state index in [0.717, 1.165) is 25.9 Å².